The molecule has 0 aliphatic carbocycles. The number of benzene rings is 1. The average Bonchev–Trinajstić information content (AvgIpc) is 2.75. The highest BCUT2D eigenvalue weighted by Crippen LogP contribution is 2.10. The van der Waals surface area contributed by atoms with Crippen LogP contribution in [0.5, 0.6) is 0 Å². The van der Waals surface area contributed by atoms with E-state index in [1.54, 1.807) is 24.3 Å². The second-order valence-electron chi connectivity index (χ2n) is 4.31. The van der Waals surface area contributed by atoms with Crippen molar-refractivity contribution in [3.63, 3.8) is 0 Å². The SMILES string of the molecule is O=C(O)CCNC(=O)NCCn1c(=O)oc2ccccc21. The minimum absolute atomic E-state index is 0.0513. The number of carbonyl (C=O) groups is 2. The van der Waals surface area contributed by atoms with Gasteiger partial charge in [-0.25, -0.2) is 9.59 Å². The van der Waals surface area contributed by atoms with E-state index in [0.717, 1.165) is 0 Å². The van der Waals surface area contributed by atoms with E-state index in [0.29, 0.717) is 11.1 Å². The highest BCUT2D eigenvalue weighted by Gasteiger charge is 2.08. The van der Waals surface area contributed by atoms with Gasteiger partial charge in [0.1, 0.15) is 0 Å². The number of hydrogen-bond donors (Lipinski definition) is 3. The van der Waals surface area contributed by atoms with Crippen molar-refractivity contribution in [3.05, 3.63) is 34.8 Å². The number of carboxylic acids is 1. The molecule has 0 atom stereocenters. The van der Waals surface area contributed by atoms with Crippen LogP contribution in [0, 0.1) is 0 Å². The van der Waals surface area contributed by atoms with Gasteiger partial charge in [0.2, 0.25) is 0 Å². The molecule has 1 aromatic heterocycles. The van der Waals surface area contributed by atoms with Gasteiger partial charge >= 0.3 is 17.8 Å². The van der Waals surface area contributed by atoms with Gasteiger partial charge in [-0.05, 0) is 12.1 Å². The van der Waals surface area contributed by atoms with Crippen LogP contribution in [0.15, 0.2) is 33.5 Å². The Balaban J connectivity index is 1.85. The number of hydrogen-bond acceptors (Lipinski definition) is 4. The van der Waals surface area contributed by atoms with Crippen LogP contribution in [-0.2, 0) is 11.3 Å². The number of carbonyl (C=O) groups excluding carboxylic acids is 1. The highest BCUT2D eigenvalue weighted by atomic mass is 16.4. The first kappa shape index (κ1) is 14.6. The fourth-order valence-electron chi connectivity index (χ4n) is 1.85. The van der Waals surface area contributed by atoms with E-state index in [2.05, 4.69) is 10.6 Å². The van der Waals surface area contributed by atoms with Crippen molar-refractivity contribution in [2.45, 2.75) is 13.0 Å². The van der Waals surface area contributed by atoms with Crippen molar-refractivity contribution >= 4 is 23.1 Å². The van der Waals surface area contributed by atoms with Crippen molar-refractivity contribution in [1.82, 2.24) is 15.2 Å². The standard InChI is InChI=1S/C13H15N3O5/c17-11(18)5-6-14-12(19)15-7-8-16-9-3-1-2-4-10(9)21-13(16)20/h1-4H,5-8H2,(H,17,18)(H2,14,15,19). The van der Waals surface area contributed by atoms with Crippen molar-refractivity contribution < 1.29 is 19.1 Å². The molecule has 0 aliphatic rings. The van der Waals surface area contributed by atoms with E-state index in [9.17, 15) is 14.4 Å². The van der Waals surface area contributed by atoms with Crippen LogP contribution >= 0.6 is 0 Å². The lowest BCUT2D eigenvalue weighted by molar-refractivity contribution is -0.136. The summed E-state index contributed by atoms with van der Waals surface area (Å²) in [6.07, 6.45) is -0.140. The summed E-state index contributed by atoms with van der Waals surface area (Å²) in [6, 6.07) is 6.54. The largest absolute Gasteiger partial charge is 0.481 e. The Morgan fingerprint density at radius 2 is 1.90 bits per heavy atom. The molecule has 0 bridgehead atoms. The maximum Gasteiger partial charge on any atom is 0.420 e. The zero-order chi connectivity index (χ0) is 15.2. The number of fused-ring (bicyclic) bond motifs is 1. The molecule has 0 saturated heterocycles. The van der Waals surface area contributed by atoms with Gasteiger partial charge in [-0.2, -0.15) is 0 Å². The summed E-state index contributed by atoms with van der Waals surface area (Å²) in [5.41, 5.74) is 1.16. The van der Waals surface area contributed by atoms with E-state index in [1.807, 2.05) is 0 Å². The number of urea groups is 1. The van der Waals surface area contributed by atoms with Gasteiger partial charge in [-0.1, -0.05) is 12.1 Å². The molecule has 8 nitrogen and oxygen atoms in total. The number of para-hydroxylation sites is 2. The van der Waals surface area contributed by atoms with Crippen molar-refractivity contribution in [1.29, 1.82) is 0 Å². The molecule has 2 aromatic rings. The third-order valence-corrected chi connectivity index (χ3v) is 2.82. The second kappa shape index (κ2) is 6.60. The summed E-state index contributed by atoms with van der Waals surface area (Å²) in [4.78, 5) is 33.3. The molecule has 21 heavy (non-hydrogen) atoms. The summed E-state index contributed by atoms with van der Waals surface area (Å²) in [6.45, 7) is 0.542. The minimum Gasteiger partial charge on any atom is -0.481 e. The normalized spacial score (nSPS) is 10.5. The lowest BCUT2D eigenvalue weighted by Crippen LogP contribution is -2.38. The van der Waals surface area contributed by atoms with Gasteiger partial charge in [0.25, 0.3) is 0 Å². The van der Waals surface area contributed by atoms with Gasteiger partial charge in [0.05, 0.1) is 11.9 Å². The number of carboxylic acid groups (broad SMARTS) is 1. The molecule has 0 radical (unpaired) electrons. The Morgan fingerprint density at radius 3 is 2.67 bits per heavy atom. The number of oxazole rings is 1. The number of aliphatic carboxylic acids is 1. The van der Waals surface area contributed by atoms with Gasteiger partial charge in [-0.15, -0.1) is 0 Å². The summed E-state index contributed by atoms with van der Waals surface area (Å²) >= 11 is 0. The smallest absolute Gasteiger partial charge is 0.420 e. The molecule has 1 heterocycles. The third kappa shape index (κ3) is 3.85. The van der Waals surface area contributed by atoms with Crippen LogP contribution in [0.25, 0.3) is 11.1 Å². The molecule has 0 aliphatic heterocycles. The zero-order valence-electron chi connectivity index (χ0n) is 11.2. The minimum atomic E-state index is -0.980. The fourth-order valence-corrected chi connectivity index (χ4v) is 1.85. The quantitative estimate of drug-likeness (QED) is 0.712. The highest BCUT2D eigenvalue weighted by molar-refractivity contribution is 5.75. The lowest BCUT2D eigenvalue weighted by atomic mass is 10.3. The molecule has 2 amide bonds. The van der Waals surface area contributed by atoms with E-state index in [4.69, 9.17) is 9.52 Å². The summed E-state index contributed by atoms with van der Waals surface area (Å²) in [7, 11) is 0. The molecular formula is C13H15N3O5. The zero-order valence-corrected chi connectivity index (χ0v) is 11.2. The summed E-state index contributed by atoms with van der Waals surface area (Å²) < 4.78 is 6.49. The van der Waals surface area contributed by atoms with Crippen LogP contribution in [0.3, 0.4) is 0 Å². The van der Waals surface area contributed by atoms with Crippen LogP contribution in [-0.4, -0.2) is 34.8 Å². The molecule has 0 saturated carbocycles. The third-order valence-electron chi connectivity index (χ3n) is 2.82. The van der Waals surface area contributed by atoms with E-state index < -0.39 is 17.8 Å². The predicted molar refractivity (Wildman–Crippen MR) is 74.1 cm³/mol. The van der Waals surface area contributed by atoms with E-state index >= 15 is 0 Å². The molecule has 8 heteroatoms. The molecule has 3 N–H and O–H groups in total. The molecule has 1 aromatic carbocycles. The number of rotatable bonds is 6. The Labute approximate surface area is 119 Å². The Morgan fingerprint density at radius 1 is 1.19 bits per heavy atom. The van der Waals surface area contributed by atoms with E-state index in [1.165, 1.54) is 4.57 Å². The van der Waals surface area contributed by atoms with Gasteiger partial charge in [0.15, 0.2) is 5.58 Å². The van der Waals surface area contributed by atoms with Crippen LogP contribution in [0.2, 0.25) is 0 Å². The summed E-state index contributed by atoms with van der Waals surface area (Å²) in [5, 5.41) is 13.4. The van der Waals surface area contributed by atoms with Gasteiger partial charge in [-0.3, -0.25) is 9.36 Å². The number of aromatic nitrogens is 1. The predicted octanol–water partition coefficient (Wildman–Crippen LogP) is 0.368. The molecule has 0 spiro atoms. The number of nitrogens with one attached hydrogen (secondary N) is 2. The Kier molecular flexibility index (Phi) is 4.60. The van der Waals surface area contributed by atoms with E-state index in [-0.39, 0.29) is 26.1 Å². The monoisotopic (exact) mass is 293 g/mol. The first-order valence-corrected chi connectivity index (χ1v) is 6.40. The maximum atomic E-state index is 11.7. The number of amides is 2. The van der Waals surface area contributed by atoms with Crippen molar-refractivity contribution in [2.24, 2.45) is 0 Å². The second-order valence-corrected chi connectivity index (χ2v) is 4.31. The molecule has 112 valence electrons. The van der Waals surface area contributed by atoms with Crippen LogP contribution < -0.4 is 16.4 Å². The summed E-state index contributed by atoms with van der Waals surface area (Å²) in [5.74, 6) is -1.46. The Hall–Kier alpha value is -2.77. The first-order chi connectivity index (χ1) is 10.1. The lowest BCUT2D eigenvalue weighted by Gasteiger charge is -2.06. The van der Waals surface area contributed by atoms with Crippen LogP contribution in [0.1, 0.15) is 6.42 Å². The maximum absolute atomic E-state index is 11.7. The number of nitrogens with zero attached hydrogens (tertiary/aromatic N) is 1. The first-order valence-electron chi connectivity index (χ1n) is 6.40. The van der Waals surface area contributed by atoms with Crippen molar-refractivity contribution in [2.75, 3.05) is 13.1 Å². The van der Waals surface area contributed by atoms with Gasteiger partial charge in [0, 0.05) is 19.6 Å². The topological polar surface area (TPSA) is 114 Å². The molecule has 0 fully saturated rings. The average molecular weight is 293 g/mol. The fraction of sp³-hybridized carbons (Fsp3) is 0.308. The van der Waals surface area contributed by atoms with Crippen LogP contribution in [0.4, 0.5) is 4.79 Å². The van der Waals surface area contributed by atoms with Crippen molar-refractivity contribution in [3.8, 4) is 0 Å². The molecule has 2 rings (SSSR count). The molecule has 0 unspecified atom stereocenters. The Bertz CT molecular complexity index is 703. The molecular weight excluding hydrogens is 278 g/mol. The van der Waals surface area contributed by atoms with Gasteiger partial charge < -0.3 is 20.2 Å².